The van der Waals surface area contributed by atoms with Crippen molar-refractivity contribution < 1.29 is 9.32 Å². The van der Waals surface area contributed by atoms with Gasteiger partial charge in [0.15, 0.2) is 5.82 Å². The van der Waals surface area contributed by atoms with Gasteiger partial charge in [-0.1, -0.05) is 32.3 Å². The molecule has 1 amide bonds. The summed E-state index contributed by atoms with van der Waals surface area (Å²) in [5.74, 6) is 1.13. The number of carbonyl (C=O) groups is 1. The van der Waals surface area contributed by atoms with E-state index in [1.807, 2.05) is 18.7 Å². The highest BCUT2D eigenvalue weighted by atomic mass is 16.5. The normalized spacial score (nSPS) is 11.4. The lowest BCUT2D eigenvalue weighted by Gasteiger charge is -2.17. The molecule has 0 fully saturated rings. The zero-order valence-corrected chi connectivity index (χ0v) is 11.3. The van der Waals surface area contributed by atoms with Crippen molar-refractivity contribution in [2.24, 2.45) is 5.73 Å². The minimum atomic E-state index is -0.338. The molecule has 6 nitrogen and oxygen atoms in total. The van der Waals surface area contributed by atoms with Crippen LogP contribution in [0.15, 0.2) is 4.52 Å². The highest BCUT2D eigenvalue weighted by molar-refractivity contribution is 5.75. The molecule has 0 aliphatic heterocycles. The van der Waals surface area contributed by atoms with Crippen LogP contribution in [0.1, 0.15) is 51.2 Å². The van der Waals surface area contributed by atoms with E-state index in [1.54, 1.807) is 0 Å². The molecule has 0 saturated heterocycles. The number of hydrogen-bond acceptors (Lipinski definition) is 5. The summed E-state index contributed by atoms with van der Waals surface area (Å²) in [6.07, 6.45) is 2.08. The zero-order chi connectivity index (χ0) is 13.5. The van der Waals surface area contributed by atoms with Crippen LogP contribution in [0.3, 0.4) is 0 Å². The molecule has 1 aromatic rings. The second-order valence-corrected chi connectivity index (χ2v) is 4.73. The minimum Gasteiger partial charge on any atom is -0.369 e. The van der Waals surface area contributed by atoms with Gasteiger partial charge < -0.3 is 10.3 Å². The van der Waals surface area contributed by atoms with E-state index in [0.29, 0.717) is 18.3 Å². The van der Waals surface area contributed by atoms with Gasteiger partial charge in [-0.2, -0.15) is 4.98 Å². The van der Waals surface area contributed by atoms with E-state index in [1.165, 1.54) is 0 Å². The molecule has 102 valence electrons. The third-order valence-corrected chi connectivity index (χ3v) is 2.57. The standard InChI is InChI=1S/C12H22N4O2/c1-4-5-6-16(7-10(13)17)8-11-14-12(9(2)3)15-18-11/h9H,4-8H2,1-3H3,(H2,13,17). The van der Waals surface area contributed by atoms with Crippen molar-refractivity contribution >= 4 is 5.91 Å². The molecule has 1 heterocycles. The van der Waals surface area contributed by atoms with E-state index in [2.05, 4.69) is 17.1 Å². The van der Waals surface area contributed by atoms with Crippen molar-refractivity contribution in [1.82, 2.24) is 15.0 Å². The van der Waals surface area contributed by atoms with Gasteiger partial charge in [0.1, 0.15) is 0 Å². The summed E-state index contributed by atoms with van der Waals surface area (Å²) in [7, 11) is 0. The summed E-state index contributed by atoms with van der Waals surface area (Å²) < 4.78 is 5.16. The smallest absolute Gasteiger partial charge is 0.240 e. The van der Waals surface area contributed by atoms with Crippen LogP contribution < -0.4 is 5.73 Å². The molecule has 0 atom stereocenters. The Morgan fingerprint density at radius 1 is 1.50 bits per heavy atom. The first-order valence-electron chi connectivity index (χ1n) is 6.36. The minimum absolute atomic E-state index is 0.222. The van der Waals surface area contributed by atoms with E-state index in [9.17, 15) is 4.79 Å². The highest BCUT2D eigenvalue weighted by Crippen LogP contribution is 2.11. The van der Waals surface area contributed by atoms with Crippen molar-refractivity contribution in [3.63, 3.8) is 0 Å². The van der Waals surface area contributed by atoms with E-state index >= 15 is 0 Å². The predicted octanol–water partition coefficient (Wildman–Crippen LogP) is 1.28. The van der Waals surface area contributed by atoms with Crippen LogP contribution in [0.5, 0.6) is 0 Å². The Hall–Kier alpha value is -1.43. The molecule has 0 bridgehead atoms. The molecular weight excluding hydrogens is 232 g/mol. The average molecular weight is 254 g/mol. The van der Waals surface area contributed by atoms with Crippen LogP contribution in [0.2, 0.25) is 0 Å². The lowest BCUT2D eigenvalue weighted by molar-refractivity contribution is -0.119. The Morgan fingerprint density at radius 2 is 2.22 bits per heavy atom. The number of nitrogens with zero attached hydrogens (tertiary/aromatic N) is 3. The number of primary amides is 1. The van der Waals surface area contributed by atoms with Gasteiger partial charge in [0.05, 0.1) is 13.1 Å². The molecule has 1 rings (SSSR count). The Balaban J connectivity index is 2.59. The molecule has 0 aliphatic rings. The van der Waals surface area contributed by atoms with E-state index in [4.69, 9.17) is 10.3 Å². The summed E-state index contributed by atoms with van der Waals surface area (Å²) in [4.78, 5) is 17.2. The first kappa shape index (κ1) is 14.6. The maximum absolute atomic E-state index is 11.0. The number of aromatic nitrogens is 2. The SMILES string of the molecule is CCCCN(CC(N)=O)Cc1nc(C(C)C)no1. The zero-order valence-electron chi connectivity index (χ0n) is 11.3. The molecule has 0 spiro atoms. The van der Waals surface area contributed by atoms with Crippen LogP contribution in [-0.4, -0.2) is 34.0 Å². The van der Waals surface area contributed by atoms with Gasteiger partial charge in [-0.15, -0.1) is 0 Å². The van der Waals surface area contributed by atoms with Crippen LogP contribution in [0.25, 0.3) is 0 Å². The summed E-state index contributed by atoms with van der Waals surface area (Å²) in [6.45, 7) is 7.62. The van der Waals surface area contributed by atoms with Gasteiger partial charge >= 0.3 is 0 Å². The van der Waals surface area contributed by atoms with Gasteiger partial charge in [0.25, 0.3) is 0 Å². The quantitative estimate of drug-likeness (QED) is 0.755. The molecule has 6 heteroatoms. The van der Waals surface area contributed by atoms with Crippen molar-refractivity contribution in [1.29, 1.82) is 0 Å². The van der Waals surface area contributed by atoms with Crippen LogP contribution >= 0.6 is 0 Å². The summed E-state index contributed by atoms with van der Waals surface area (Å²) in [5.41, 5.74) is 5.22. The number of amides is 1. The largest absolute Gasteiger partial charge is 0.369 e. The summed E-state index contributed by atoms with van der Waals surface area (Å²) >= 11 is 0. The molecule has 0 radical (unpaired) electrons. The van der Waals surface area contributed by atoms with Crippen LogP contribution in [0.4, 0.5) is 0 Å². The summed E-state index contributed by atoms with van der Waals surface area (Å²) in [6, 6.07) is 0. The van der Waals surface area contributed by atoms with Gasteiger partial charge in [-0.25, -0.2) is 0 Å². The van der Waals surface area contributed by atoms with Crippen molar-refractivity contribution in [3.8, 4) is 0 Å². The third kappa shape index (κ3) is 4.83. The maximum atomic E-state index is 11.0. The lowest BCUT2D eigenvalue weighted by atomic mass is 10.2. The lowest BCUT2D eigenvalue weighted by Crippen LogP contribution is -2.34. The second kappa shape index (κ2) is 7.10. The van der Waals surface area contributed by atoms with E-state index in [-0.39, 0.29) is 18.4 Å². The number of nitrogens with two attached hydrogens (primary N) is 1. The fraction of sp³-hybridized carbons (Fsp3) is 0.750. The van der Waals surface area contributed by atoms with Gasteiger partial charge in [0, 0.05) is 5.92 Å². The summed E-state index contributed by atoms with van der Waals surface area (Å²) in [5, 5.41) is 3.90. The molecule has 0 aliphatic carbocycles. The molecule has 1 aromatic heterocycles. The Kier molecular flexibility index (Phi) is 5.77. The first-order chi connectivity index (χ1) is 8.52. The molecule has 0 saturated carbocycles. The van der Waals surface area contributed by atoms with Crippen molar-refractivity contribution in [2.45, 2.75) is 46.1 Å². The van der Waals surface area contributed by atoms with Gasteiger partial charge in [-0.3, -0.25) is 9.69 Å². The van der Waals surface area contributed by atoms with Gasteiger partial charge in [-0.05, 0) is 13.0 Å². The Morgan fingerprint density at radius 3 is 2.72 bits per heavy atom. The number of rotatable bonds is 8. The van der Waals surface area contributed by atoms with Gasteiger partial charge in [0.2, 0.25) is 11.8 Å². The third-order valence-electron chi connectivity index (χ3n) is 2.57. The fourth-order valence-electron chi connectivity index (χ4n) is 1.57. The molecule has 18 heavy (non-hydrogen) atoms. The Labute approximate surface area is 108 Å². The first-order valence-corrected chi connectivity index (χ1v) is 6.36. The predicted molar refractivity (Wildman–Crippen MR) is 67.8 cm³/mol. The number of unbranched alkanes of at least 4 members (excludes halogenated alkanes) is 1. The molecule has 2 N–H and O–H groups in total. The molecule has 0 unspecified atom stereocenters. The van der Waals surface area contributed by atoms with Crippen molar-refractivity contribution in [2.75, 3.05) is 13.1 Å². The van der Waals surface area contributed by atoms with Crippen LogP contribution in [-0.2, 0) is 11.3 Å². The highest BCUT2D eigenvalue weighted by Gasteiger charge is 2.14. The van der Waals surface area contributed by atoms with E-state index < -0.39 is 0 Å². The molecule has 0 aromatic carbocycles. The Bertz CT molecular complexity index is 376. The average Bonchev–Trinajstić information content (AvgIpc) is 2.73. The fourth-order valence-corrected chi connectivity index (χ4v) is 1.57. The number of hydrogen-bond donors (Lipinski definition) is 1. The maximum Gasteiger partial charge on any atom is 0.240 e. The topological polar surface area (TPSA) is 85.2 Å². The van der Waals surface area contributed by atoms with Crippen molar-refractivity contribution in [3.05, 3.63) is 11.7 Å². The number of carbonyl (C=O) groups excluding carboxylic acids is 1. The monoisotopic (exact) mass is 254 g/mol. The molecular formula is C12H22N4O2. The van der Waals surface area contributed by atoms with Crippen LogP contribution in [0, 0.1) is 0 Å². The van der Waals surface area contributed by atoms with E-state index in [0.717, 1.165) is 19.4 Å². The second-order valence-electron chi connectivity index (χ2n) is 4.73.